The molecule has 0 bridgehead atoms. The summed E-state index contributed by atoms with van der Waals surface area (Å²) in [5.41, 5.74) is 1.76. The lowest BCUT2D eigenvalue weighted by atomic mass is 10.1. The Kier molecular flexibility index (Phi) is 5.29. The number of hydrogen-bond donors (Lipinski definition) is 2. The molecule has 1 heterocycles. The fourth-order valence-corrected chi connectivity index (χ4v) is 3.63. The van der Waals surface area contributed by atoms with Crippen LogP contribution >= 0.6 is 0 Å². The van der Waals surface area contributed by atoms with Crippen LogP contribution in [0.3, 0.4) is 0 Å². The van der Waals surface area contributed by atoms with Crippen LogP contribution in [0.25, 0.3) is 0 Å². The van der Waals surface area contributed by atoms with Gasteiger partial charge in [-0.1, -0.05) is 18.2 Å². The van der Waals surface area contributed by atoms with Crippen LogP contribution in [-0.4, -0.2) is 26.8 Å². The predicted octanol–water partition coefficient (Wildman–Crippen LogP) is 1.95. The van der Waals surface area contributed by atoms with Gasteiger partial charge in [0.05, 0.1) is 10.9 Å². The molecular weight excluding hydrogens is 366 g/mol. The second kappa shape index (κ2) is 7.50. The molecule has 0 radical (unpaired) electrons. The SMILES string of the molecule is C[C@H](NC(=O)c1cccc(N2CCCC2=O)c1)c1cccc(S(N)(=O)=O)c1. The third-order valence-electron chi connectivity index (χ3n) is 4.53. The highest BCUT2D eigenvalue weighted by atomic mass is 32.2. The van der Waals surface area contributed by atoms with E-state index in [1.807, 2.05) is 0 Å². The van der Waals surface area contributed by atoms with Gasteiger partial charge in [-0.05, 0) is 49.2 Å². The standard InChI is InChI=1S/C19H21N3O4S/c1-13(14-5-3-8-17(12-14)27(20,25)26)21-19(24)15-6-2-7-16(11-15)22-10-4-9-18(22)23/h2-3,5-8,11-13H,4,9-10H2,1H3,(H,21,24)(H2,20,25,26)/t13-/m0/s1. The number of carbonyl (C=O) groups excluding carboxylic acids is 2. The molecule has 8 heteroatoms. The highest BCUT2D eigenvalue weighted by Crippen LogP contribution is 2.23. The van der Waals surface area contributed by atoms with Gasteiger partial charge in [-0.15, -0.1) is 0 Å². The summed E-state index contributed by atoms with van der Waals surface area (Å²) in [7, 11) is -3.81. The molecule has 1 aliphatic rings. The van der Waals surface area contributed by atoms with Crippen molar-refractivity contribution in [3.63, 3.8) is 0 Å². The van der Waals surface area contributed by atoms with E-state index in [4.69, 9.17) is 5.14 Å². The number of hydrogen-bond acceptors (Lipinski definition) is 4. The third-order valence-corrected chi connectivity index (χ3v) is 5.44. The molecule has 0 aliphatic carbocycles. The molecule has 3 rings (SSSR count). The van der Waals surface area contributed by atoms with E-state index in [-0.39, 0.29) is 16.7 Å². The number of anilines is 1. The smallest absolute Gasteiger partial charge is 0.251 e. The molecule has 1 aliphatic heterocycles. The van der Waals surface area contributed by atoms with Crippen LogP contribution in [0, 0.1) is 0 Å². The molecule has 1 fully saturated rings. The lowest BCUT2D eigenvalue weighted by molar-refractivity contribution is -0.117. The second-order valence-corrected chi connectivity index (χ2v) is 8.07. The van der Waals surface area contributed by atoms with Gasteiger partial charge >= 0.3 is 0 Å². The van der Waals surface area contributed by atoms with E-state index in [1.54, 1.807) is 48.2 Å². The molecule has 27 heavy (non-hydrogen) atoms. The van der Waals surface area contributed by atoms with E-state index in [1.165, 1.54) is 12.1 Å². The lowest BCUT2D eigenvalue weighted by Crippen LogP contribution is -2.28. The zero-order chi connectivity index (χ0) is 19.6. The summed E-state index contributed by atoms with van der Waals surface area (Å²) in [6.45, 7) is 2.41. The molecular formula is C19H21N3O4S. The molecule has 2 aromatic rings. The fraction of sp³-hybridized carbons (Fsp3) is 0.263. The van der Waals surface area contributed by atoms with E-state index >= 15 is 0 Å². The molecule has 0 saturated carbocycles. The van der Waals surface area contributed by atoms with Gasteiger partial charge in [-0.2, -0.15) is 0 Å². The van der Waals surface area contributed by atoms with E-state index in [0.29, 0.717) is 29.8 Å². The number of primary sulfonamides is 1. The molecule has 7 nitrogen and oxygen atoms in total. The summed E-state index contributed by atoms with van der Waals surface area (Å²) in [6.07, 6.45) is 1.33. The van der Waals surface area contributed by atoms with Gasteiger partial charge in [-0.3, -0.25) is 9.59 Å². The van der Waals surface area contributed by atoms with Crippen molar-refractivity contribution in [3.05, 3.63) is 59.7 Å². The van der Waals surface area contributed by atoms with E-state index in [2.05, 4.69) is 5.32 Å². The second-order valence-electron chi connectivity index (χ2n) is 6.51. The van der Waals surface area contributed by atoms with Crippen molar-refractivity contribution in [2.24, 2.45) is 5.14 Å². The Hall–Kier alpha value is -2.71. The van der Waals surface area contributed by atoms with Crippen molar-refractivity contribution in [1.29, 1.82) is 0 Å². The zero-order valence-corrected chi connectivity index (χ0v) is 15.7. The molecule has 2 aromatic carbocycles. The Morgan fingerprint density at radius 3 is 2.59 bits per heavy atom. The molecule has 1 atom stereocenters. The number of nitrogens with zero attached hydrogens (tertiary/aromatic N) is 1. The van der Waals surface area contributed by atoms with Crippen LogP contribution in [-0.2, 0) is 14.8 Å². The van der Waals surface area contributed by atoms with Crippen LogP contribution in [0.5, 0.6) is 0 Å². The predicted molar refractivity (Wildman–Crippen MR) is 102 cm³/mol. The van der Waals surface area contributed by atoms with Gasteiger partial charge < -0.3 is 10.2 Å². The van der Waals surface area contributed by atoms with Gasteiger partial charge in [0.25, 0.3) is 5.91 Å². The van der Waals surface area contributed by atoms with Crippen molar-refractivity contribution < 1.29 is 18.0 Å². The van der Waals surface area contributed by atoms with Gasteiger partial charge in [0, 0.05) is 24.2 Å². The summed E-state index contributed by atoms with van der Waals surface area (Å²) in [5, 5.41) is 8.00. The maximum absolute atomic E-state index is 12.6. The number of nitrogens with two attached hydrogens (primary N) is 1. The quantitative estimate of drug-likeness (QED) is 0.817. The third kappa shape index (κ3) is 4.35. The van der Waals surface area contributed by atoms with Crippen LogP contribution in [0.4, 0.5) is 5.69 Å². The van der Waals surface area contributed by atoms with Crippen molar-refractivity contribution in [1.82, 2.24) is 5.32 Å². The normalized spacial score (nSPS) is 15.6. The minimum atomic E-state index is -3.81. The van der Waals surface area contributed by atoms with Crippen molar-refractivity contribution in [3.8, 4) is 0 Å². The van der Waals surface area contributed by atoms with E-state index in [0.717, 1.165) is 6.42 Å². The average Bonchev–Trinajstić information content (AvgIpc) is 3.07. The molecule has 0 aromatic heterocycles. The number of amides is 2. The van der Waals surface area contributed by atoms with Gasteiger partial charge in [0.2, 0.25) is 15.9 Å². The minimum absolute atomic E-state index is 0.00404. The monoisotopic (exact) mass is 387 g/mol. The Labute approximate surface area is 158 Å². The first kappa shape index (κ1) is 19.1. The Morgan fingerprint density at radius 2 is 1.93 bits per heavy atom. The van der Waals surface area contributed by atoms with Crippen LogP contribution in [0.1, 0.15) is 41.7 Å². The summed E-state index contributed by atoms with van der Waals surface area (Å²) in [6, 6.07) is 12.6. The average molecular weight is 387 g/mol. The highest BCUT2D eigenvalue weighted by molar-refractivity contribution is 7.89. The maximum atomic E-state index is 12.6. The molecule has 0 spiro atoms. The lowest BCUT2D eigenvalue weighted by Gasteiger charge is -2.18. The number of carbonyl (C=O) groups is 2. The fourth-order valence-electron chi connectivity index (χ4n) is 3.06. The molecule has 0 unspecified atom stereocenters. The highest BCUT2D eigenvalue weighted by Gasteiger charge is 2.22. The number of rotatable bonds is 5. The summed E-state index contributed by atoms with van der Waals surface area (Å²) in [4.78, 5) is 26.2. The van der Waals surface area contributed by atoms with Gasteiger partial charge in [0.15, 0.2) is 0 Å². The van der Waals surface area contributed by atoms with Gasteiger partial charge in [-0.25, -0.2) is 13.6 Å². The summed E-state index contributed by atoms with van der Waals surface area (Å²) < 4.78 is 23.0. The van der Waals surface area contributed by atoms with Crippen molar-refractivity contribution in [2.45, 2.75) is 30.7 Å². The number of nitrogens with one attached hydrogen (secondary N) is 1. The largest absolute Gasteiger partial charge is 0.346 e. The molecule has 142 valence electrons. The summed E-state index contributed by atoms with van der Waals surface area (Å²) >= 11 is 0. The van der Waals surface area contributed by atoms with Crippen LogP contribution < -0.4 is 15.4 Å². The number of sulfonamides is 1. The van der Waals surface area contributed by atoms with Crippen molar-refractivity contribution in [2.75, 3.05) is 11.4 Å². The summed E-state index contributed by atoms with van der Waals surface area (Å²) in [5.74, 6) is -0.252. The van der Waals surface area contributed by atoms with Crippen LogP contribution in [0.15, 0.2) is 53.4 Å². The Morgan fingerprint density at radius 1 is 1.19 bits per heavy atom. The molecule has 1 saturated heterocycles. The topological polar surface area (TPSA) is 110 Å². The molecule has 3 N–H and O–H groups in total. The first-order valence-corrected chi connectivity index (χ1v) is 10.1. The van der Waals surface area contributed by atoms with E-state index < -0.39 is 16.1 Å². The maximum Gasteiger partial charge on any atom is 0.251 e. The van der Waals surface area contributed by atoms with Crippen molar-refractivity contribution >= 4 is 27.5 Å². The minimum Gasteiger partial charge on any atom is -0.346 e. The number of benzene rings is 2. The van der Waals surface area contributed by atoms with Gasteiger partial charge in [0.1, 0.15) is 0 Å². The zero-order valence-electron chi connectivity index (χ0n) is 14.9. The molecule has 2 amide bonds. The van der Waals surface area contributed by atoms with Crippen LogP contribution in [0.2, 0.25) is 0 Å². The Balaban J connectivity index is 1.76. The first-order chi connectivity index (χ1) is 12.8. The first-order valence-electron chi connectivity index (χ1n) is 8.60. The van der Waals surface area contributed by atoms with E-state index in [9.17, 15) is 18.0 Å². The Bertz CT molecular complexity index is 988.